The number of aromatic nitrogens is 2. The maximum Gasteiger partial charge on any atom is 0.230 e. The van der Waals surface area contributed by atoms with Crippen LogP contribution in [0.4, 0.5) is 0 Å². The molecule has 162 valence electrons. The molecule has 1 aromatic heterocycles. The third-order valence-corrected chi connectivity index (χ3v) is 6.68. The zero-order chi connectivity index (χ0) is 21.1. The van der Waals surface area contributed by atoms with Crippen molar-refractivity contribution in [2.75, 3.05) is 19.6 Å². The summed E-state index contributed by atoms with van der Waals surface area (Å²) in [5, 5.41) is 11.6. The SMILES string of the molecule is CC(C)Cc1cc(CN2CCCC(CNC(=O)C3(c4ccc(Cl)cc4)CC3)C2)[nH]n1. The summed E-state index contributed by atoms with van der Waals surface area (Å²) in [5.74, 6) is 1.29. The molecule has 2 aromatic rings. The summed E-state index contributed by atoms with van der Waals surface area (Å²) < 4.78 is 0. The number of benzene rings is 1. The van der Waals surface area contributed by atoms with E-state index in [9.17, 15) is 4.79 Å². The van der Waals surface area contributed by atoms with Crippen LogP contribution in [0.15, 0.2) is 30.3 Å². The third kappa shape index (κ3) is 5.06. The number of amides is 1. The molecule has 1 unspecified atom stereocenters. The molecule has 1 saturated heterocycles. The standard InChI is InChI=1S/C24H33ClN4O/c1-17(2)12-21-13-22(28-27-21)16-29-11-3-4-18(15-29)14-26-23(30)24(9-10-24)19-5-7-20(25)8-6-19/h5-8,13,17-18H,3-4,9-12,14-16H2,1-2H3,(H,26,30)(H,27,28). The Morgan fingerprint density at radius 3 is 2.80 bits per heavy atom. The van der Waals surface area contributed by atoms with Crippen LogP contribution in [0.2, 0.25) is 5.02 Å². The van der Waals surface area contributed by atoms with Crippen molar-refractivity contribution in [3.05, 3.63) is 52.3 Å². The van der Waals surface area contributed by atoms with Gasteiger partial charge in [0, 0.05) is 30.4 Å². The first-order valence-electron chi connectivity index (χ1n) is 11.2. The van der Waals surface area contributed by atoms with Crippen LogP contribution < -0.4 is 5.32 Å². The van der Waals surface area contributed by atoms with E-state index in [1.807, 2.05) is 24.3 Å². The molecule has 30 heavy (non-hydrogen) atoms. The van der Waals surface area contributed by atoms with Gasteiger partial charge in [-0.15, -0.1) is 0 Å². The Bertz CT molecular complexity index is 856. The summed E-state index contributed by atoms with van der Waals surface area (Å²) in [5.41, 5.74) is 3.10. The van der Waals surface area contributed by atoms with Crippen LogP contribution in [-0.2, 0) is 23.2 Å². The summed E-state index contributed by atoms with van der Waals surface area (Å²) in [4.78, 5) is 15.4. The number of nitrogens with one attached hydrogen (secondary N) is 2. The topological polar surface area (TPSA) is 61.0 Å². The molecule has 2 N–H and O–H groups in total. The van der Waals surface area contributed by atoms with Crippen LogP contribution >= 0.6 is 11.6 Å². The van der Waals surface area contributed by atoms with Crippen molar-refractivity contribution in [2.24, 2.45) is 11.8 Å². The van der Waals surface area contributed by atoms with Gasteiger partial charge in [0.05, 0.1) is 11.1 Å². The lowest BCUT2D eigenvalue weighted by molar-refractivity contribution is -0.123. The number of H-pyrrole nitrogens is 1. The van der Waals surface area contributed by atoms with Crippen molar-refractivity contribution in [1.29, 1.82) is 0 Å². The van der Waals surface area contributed by atoms with E-state index in [4.69, 9.17) is 11.6 Å². The van der Waals surface area contributed by atoms with Crippen LogP contribution in [0.5, 0.6) is 0 Å². The summed E-state index contributed by atoms with van der Waals surface area (Å²) >= 11 is 6.01. The zero-order valence-corrected chi connectivity index (χ0v) is 18.8. The third-order valence-electron chi connectivity index (χ3n) is 6.43. The number of likely N-dealkylation sites (tertiary alicyclic amines) is 1. The fourth-order valence-electron chi connectivity index (χ4n) is 4.66. The summed E-state index contributed by atoms with van der Waals surface area (Å²) in [6, 6.07) is 9.95. The molecule has 1 amide bonds. The number of carbonyl (C=O) groups is 1. The smallest absolute Gasteiger partial charge is 0.230 e. The largest absolute Gasteiger partial charge is 0.355 e. The lowest BCUT2D eigenvalue weighted by atomic mass is 9.93. The highest BCUT2D eigenvalue weighted by Gasteiger charge is 2.51. The maximum atomic E-state index is 12.9. The number of aromatic amines is 1. The lowest BCUT2D eigenvalue weighted by Gasteiger charge is -2.32. The minimum Gasteiger partial charge on any atom is -0.355 e. The molecular weight excluding hydrogens is 396 g/mol. The van der Waals surface area contributed by atoms with Gasteiger partial charge in [-0.05, 0) is 74.2 Å². The average molecular weight is 429 g/mol. The van der Waals surface area contributed by atoms with E-state index in [1.165, 1.54) is 18.5 Å². The molecule has 1 aromatic carbocycles. The average Bonchev–Trinajstić information content (AvgIpc) is 3.42. The molecular formula is C24H33ClN4O. The lowest BCUT2D eigenvalue weighted by Crippen LogP contribution is -2.43. The monoisotopic (exact) mass is 428 g/mol. The van der Waals surface area contributed by atoms with E-state index in [0.717, 1.165) is 56.7 Å². The number of carbonyl (C=O) groups excluding carboxylic acids is 1. The van der Waals surface area contributed by atoms with Gasteiger partial charge in [0.25, 0.3) is 0 Å². The summed E-state index contributed by atoms with van der Waals surface area (Å²) in [7, 11) is 0. The number of piperidine rings is 1. The molecule has 4 rings (SSSR count). The first-order valence-corrected chi connectivity index (χ1v) is 11.6. The highest BCUT2D eigenvalue weighted by molar-refractivity contribution is 6.30. The summed E-state index contributed by atoms with van der Waals surface area (Å²) in [6.45, 7) is 8.23. The van der Waals surface area contributed by atoms with Gasteiger partial charge in [-0.1, -0.05) is 37.6 Å². The number of rotatable bonds is 8. The fraction of sp³-hybridized carbons (Fsp3) is 0.583. The van der Waals surface area contributed by atoms with Crippen LogP contribution in [0.3, 0.4) is 0 Å². The van der Waals surface area contributed by atoms with Crippen LogP contribution in [0, 0.1) is 11.8 Å². The summed E-state index contributed by atoms with van der Waals surface area (Å²) in [6.07, 6.45) is 5.22. The Hall–Kier alpha value is -1.85. The number of hydrogen-bond donors (Lipinski definition) is 2. The van der Waals surface area contributed by atoms with Crippen LogP contribution in [0.25, 0.3) is 0 Å². The minimum atomic E-state index is -0.332. The highest BCUT2D eigenvalue weighted by Crippen LogP contribution is 2.48. The molecule has 0 radical (unpaired) electrons. The second kappa shape index (κ2) is 9.11. The molecule has 5 nitrogen and oxygen atoms in total. The molecule has 1 aliphatic heterocycles. The predicted molar refractivity (Wildman–Crippen MR) is 121 cm³/mol. The predicted octanol–water partition coefficient (Wildman–Crippen LogP) is 4.32. The Kier molecular flexibility index (Phi) is 6.49. The molecule has 1 saturated carbocycles. The Balaban J connectivity index is 1.27. The van der Waals surface area contributed by atoms with E-state index in [-0.39, 0.29) is 11.3 Å². The molecule has 2 fully saturated rings. The van der Waals surface area contributed by atoms with Gasteiger partial charge >= 0.3 is 0 Å². The van der Waals surface area contributed by atoms with Crippen molar-refractivity contribution >= 4 is 17.5 Å². The molecule has 0 bridgehead atoms. The van der Waals surface area contributed by atoms with Gasteiger partial charge in [-0.25, -0.2) is 0 Å². The van der Waals surface area contributed by atoms with E-state index >= 15 is 0 Å². The molecule has 1 atom stereocenters. The highest BCUT2D eigenvalue weighted by atomic mass is 35.5. The molecule has 0 spiro atoms. The van der Waals surface area contributed by atoms with E-state index in [1.54, 1.807) is 0 Å². The zero-order valence-electron chi connectivity index (χ0n) is 18.1. The van der Waals surface area contributed by atoms with Gasteiger partial charge in [-0.3, -0.25) is 14.8 Å². The molecule has 6 heteroatoms. The minimum absolute atomic E-state index is 0.175. The van der Waals surface area contributed by atoms with Crippen molar-refractivity contribution in [1.82, 2.24) is 20.4 Å². The van der Waals surface area contributed by atoms with Crippen molar-refractivity contribution in [3.63, 3.8) is 0 Å². The second-order valence-corrected chi connectivity index (χ2v) is 9.96. The number of hydrogen-bond acceptors (Lipinski definition) is 3. The number of halogens is 1. The number of nitrogens with zero attached hydrogens (tertiary/aromatic N) is 2. The molecule has 2 aliphatic rings. The Morgan fingerprint density at radius 2 is 2.10 bits per heavy atom. The quantitative estimate of drug-likeness (QED) is 0.658. The van der Waals surface area contributed by atoms with Gasteiger partial charge < -0.3 is 5.32 Å². The van der Waals surface area contributed by atoms with E-state index in [0.29, 0.717) is 16.9 Å². The molecule has 1 aliphatic carbocycles. The Morgan fingerprint density at radius 1 is 1.33 bits per heavy atom. The van der Waals surface area contributed by atoms with E-state index in [2.05, 4.69) is 40.3 Å². The second-order valence-electron chi connectivity index (χ2n) is 9.52. The van der Waals surface area contributed by atoms with Gasteiger partial charge in [0.2, 0.25) is 5.91 Å². The van der Waals surface area contributed by atoms with Crippen molar-refractivity contribution in [3.8, 4) is 0 Å². The van der Waals surface area contributed by atoms with Gasteiger partial charge in [0.1, 0.15) is 0 Å². The maximum absolute atomic E-state index is 12.9. The van der Waals surface area contributed by atoms with Crippen LogP contribution in [-0.4, -0.2) is 40.6 Å². The van der Waals surface area contributed by atoms with Crippen molar-refractivity contribution < 1.29 is 4.79 Å². The van der Waals surface area contributed by atoms with Crippen LogP contribution in [0.1, 0.15) is 56.5 Å². The van der Waals surface area contributed by atoms with Crippen molar-refractivity contribution in [2.45, 2.75) is 57.9 Å². The van der Waals surface area contributed by atoms with Gasteiger partial charge in [-0.2, -0.15) is 5.10 Å². The van der Waals surface area contributed by atoms with Gasteiger partial charge in [0.15, 0.2) is 0 Å². The fourth-order valence-corrected chi connectivity index (χ4v) is 4.79. The normalized spacial score (nSPS) is 21.0. The first-order chi connectivity index (χ1) is 14.4. The van der Waals surface area contributed by atoms with E-state index < -0.39 is 0 Å². The first kappa shape index (κ1) is 21.4. The Labute approximate surface area is 184 Å². The molecule has 2 heterocycles.